The highest BCUT2D eigenvalue weighted by Gasteiger charge is 2.31. The standard InChI is InChI=1S/C23H28ClNO4/c1-23(2,3)29-22(27)25-11-5-6-17(14-25)21(26)16-7-9-18-15(12-16)8-10-20(28-4)19(18)13-24/h7-10,12,17H,5-6,11,13-14H2,1-4H3. The van der Waals surface area contributed by atoms with Crippen LogP contribution in [0, 0.1) is 5.92 Å². The number of likely N-dealkylation sites (tertiary alicyclic amines) is 1. The number of fused-ring (bicyclic) bond motifs is 1. The molecule has 0 N–H and O–H groups in total. The first-order valence-corrected chi connectivity index (χ1v) is 10.4. The first kappa shape index (κ1) is 21.4. The van der Waals surface area contributed by atoms with E-state index >= 15 is 0 Å². The Morgan fingerprint density at radius 1 is 1.21 bits per heavy atom. The molecule has 1 aliphatic heterocycles. The topological polar surface area (TPSA) is 55.8 Å². The van der Waals surface area contributed by atoms with Gasteiger partial charge in [0.15, 0.2) is 5.78 Å². The third-order valence-electron chi connectivity index (χ3n) is 5.17. The molecule has 0 aromatic heterocycles. The van der Waals surface area contributed by atoms with Crippen molar-refractivity contribution >= 4 is 34.2 Å². The molecule has 5 nitrogen and oxygen atoms in total. The van der Waals surface area contributed by atoms with Crippen LogP contribution in [0.4, 0.5) is 4.79 Å². The lowest BCUT2D eigenvalue weighted by Gasteiger charge is -2.33. The van der Waals surface area contributed by atoms with Gasteiger partial charge in [0, 0.05) is 30.1 Å². The maximum Gasteiger partial charge on any atom is 0.410 e. The molecule has 2 aromatic rings. The number of ether oxygens (including phenoxy) is 2. The highest BCUT2D eigenvalue weighted by atomic mass is 35.5. The third kappa shape index (κ3) is 4.84. The second-order valence-corrected chi connectivity index (χ2v) is 8.71. The summed E-state index contributed by atoms with van der Waals surface area (Å²) >= 11 is 6.11. The quantitative estimate of drug-likeness (QED) is 0.492. The Morgan fingerprint density at radius 2 is 1.97 bits per heavy atom. The zero-order valence-corrected chi connectivity index (χ0v) is 18.2. The van der Waals surface area contributed by atoms with Gasteiger partial charge in [0.2, 0.25) is 0 Å². The van der Waals surface area contributed by atoms with E-state index in [4.69, 9.17) is 21.1 Å². The number of Topliss-reactive ketones (excluding diaryl/α,β-unsaturated/α-hetero) is 1. The van der Waals surface area contributed by atoms with E-state index in [1.165, 1.54) is 0 Å². The van der Waals surface area contributed by atoms with Gasteiger partial charge in [-0.05, 0) is 56.5 Å². The van der Waals surface area contributed by atoms with Crippen LogP contribution in [0.1, 0.15) is 49.5 Å². The number of halogens is 1. The molecular weight excluding hydrogens is 390 g/mol. The van der Waals surface area contributed by atoms with Gasteiger partial charge in [-0.1, -0.05) is 18.2 Å². The Bertz CT molecular complexity index is 919. The van der Waals surface area contributed by atoms with Gasteiger partial charge in [-0.3, -0.25) is 4.79 Å². The van der Waals surface area contributed by atoms with Crippen molar-refractivity contribution in [2.45, 2.75) is 45.1 Å². The van der Waals surface area contributed by atoms with Crippen molar-refractivity contribution in [2.75, 3.05) is 20.2 Å². The van der Waals surface area contributed by atoms with E-state index in [0.717, 1.165) is 34.9 Å². The summed E-state index contributed by atoms with van der Waals surface area (Å²) in [4.78, 5) is 27.2. The maximum atomic E-state index is 13.1. The summed E-state index contributed by atoms with van der Waals surface area (Å²) in [6.45, 7) is 6.54. The number of benzene rings is 2. The number of carbonyl (C=O) groups is 2. The highest BCUT2D eigenvalue weighted by molar-refractivity contribution is 6.18. The number of hydrogen-bond acceptors (Lipinski definition) is 4. The van der Waals surface area contributed by atoms with Gasteiger partial charge in [0.25, 0.3) is 0 Å². The minimum Gasteiger partial charge on any atom is -0.496 e. The number of carbonyl (C=O) groups excluding carboxylic acids is 2. The molecule has 3 rings (SSSR count). The average Bonchev–Trinajstić information content (AvgIpc) is 2.70. The van der Waals surface area contributed by atoms with Crippen molar-refractivity contribution < 1.29 is 19.1 Å². The van der Waals surface area contributed by atoms with Crippen molar-refractivity contribution in [3.8, 4) is 5.75 Å². The van der Waals surface area contributed by atoms with Crippen LogP contribution in [0.5, 0.6) is 5.75 Å². The fourth-order valence-corrected chi connectivity index (χ4v) is 4.05. The van der Waals surface area contributed by atoms with Crippen LogP contribution in [0.3, 0.4) is 0 Å². The predicted molar refractivity (Wildman–Crippen MR) is 115 cm³/mol. The van der Waals surface area contributed by atoms with Gasteiger partial charge in [0.1, 0.15) is 11.4 Å². The summed E-state index contributed by atoms with van der Waals surface area (Å²) in [6, 6.07) is 9.48. The smallest absolute Gasteiger partial charge is 0.410 e. The van der Waals surface area contributed by atoms with E-state index < -0.39 is 5.60 Å². The normalized spacial score (nSPS) is 17.3. The summed E-state index contributed by atoms with van der Waals surface area (Å²) in [5.74, 6) is 0.913. The van der Waals surface area contributed by atoms with Crippen LogP contribution in [0.2, 0.25) is 0 Å². The van der Waals surface area contributed by atoms with E-state index in [2.05, 4.69) is 0 Å². The molecule has 1 amide bonds. The lowest BCUT2D eigenvalue weighted by atomic mass is 9.89. The highest BCUT2D eigenvalue weighted by Crippen LogP contribution is 2.31. The lowest BCUT2D eigenvalue weighted by Crippen LogP contribution is -2.44. The molecule has 0 spiro atoms. The fourth-order valence-electron chi connectivity index (χ4n) is 3.78. The van der Waals surface area contributed by atoms with Gasteiger partial charge >= 0.3 is 6.09 Å². The molecule has 1 atom stereocenters. The molecule has 1 unspecified atom stereocenters. The number of piperidine rings is 1. The molecule has 0 bridgehead atoms. The predicted octanol–water partition coefficient (Wildman–Crippen LogP) is 5.42. The van der Waals surface area contributed by atoms with Gasteiger partial charge in [0.05, 0.1) is 13.0 Å². The van der Waals surface area contributed by atoms with E-state index in [0.29, 0.717) is 24.5 Å². The van der Waals surface area contributed by atoms with Crippen molar-refractivity contribution in [3.63, 3.8) is 0 Å². The summed E-state index contributed by atoms with van der Waals surface area (Å²) in [6.07, 6.45) is 1.20. The maximum absolute atomic E-state index is 13.1. The Morgan fingerprint density at radius 3 is 2.62 bits per heavy atom. The Hall–Kier alpha value is -2.27. The molecule has 1 fully saturated rings. The second kappa shape index (κ2) is 8.62. The van der Waals surface area contributed by atoms with Crippen LogP contribution in [0.15, 0.2) is 30.3 Å². The Balaban J connectivity index is 1.80. The molecule has 6 heteroatoms. The first-order chi connectivity index (χ1) is 13.7. The Kier molecular flexibility index (Phi) is 6.37. The summed E-state index contributed by atoms with van der Waals surface area (Å²) in [7, 11) is 1.62. The van der Waals surface area contributed by atoms with Crippen LogP contribution < -0.4 is 4.74 Å². The van der Waals surface area contributed by atoms with E-state index in [9.17, 15) is 9.59 Å². The first-order valence-electron chi connectivity index (χ1n) is 9.91. The molecule has 1 heterocycles. The van der Waals surface area contributed by atoms with Crippen LogP contribution in [-0.4, -0.2) is 42.6 Å². The number of rotatable bonds is 4. The van der Waals surface area contributed by atoms with Crippen molar-refractivity contribution in [1.29, 1.82) is 0 Å². The van der Waals surface area contributed by atoms with E-state index in [1.54, 1.807) is 12.0 Å². The largest absolute Gasteiger partial charge is 0.496 e. The molecule has 0 radical (unpaired) electrons. The van der Waals surface area contributed by atoms with Gasteiger partial charge in [-0.2, -0.15) is 0 Å². The van der Waals surface area contributed by atoms with Crippen molar-refractivity contribution in [2.24, 2.45) is 5.92 Å². The minimum atomic E-state index is -0.548. The summed E-state index contributed by atoms with van der Waals surface area (Å²) < 4.78 is 10.9. The van der Waals surface area contributed by atoms with Gasteiger partial charge < -0.3 is 14.4 Å². The number of amides is 1. The number of nitrogens with zero attached hydrogens (tertiary/aromatic N) is 1. The SMILES string of the molecule is COc1ccc2cc(C(=O)C3CCCN(C(=O)OC(C)(C)C)C3)ccc2c1CCl. The average molecular weight is 418 g/mol. The zero-order valence-electron chi connectivity index (χ0n) is 17.5. The number of methoxy groups -OCH3 is 1. The minimum absolute atomic E-state index is 0.0587. The molecule has 29 heavy (non-hydrogen) atoms. The molecule has 156 valence electrons. The van der Waals surface area contributed by atoms with Crippen LogP contribution in [0.25, 0.3) is 10.8 Å². The van der Waals surface area contributed by atoms with Crippen LogP contribution >= 0.6 is 11.6 Å². The fraction of sp³-hybridized carbons (Fsp3) is 0.478. The zero-order chi connectivity index (χ0) is 21.2. The van der Waals surface area contributed by atoms with Gasteiger partial charge in [-0.15, -0.1) is 11.6 Å². The van der Waals surface area contributed by atoms with Crippen LogP contribution in [-0.2, 0) is 10.6 Å². The van der Waals surface area contributed by atoms with E-state index in [1.807, 2.05) is 51.1 Å². The summed E-state index contributed by atoms with van der Waals surface area (Å²) in [5, 5.41) is 1.93. The summed E-state index contributed by atoms with van der Waals surface area (Å²) in [5.41, 5.74) is 1.02. The third-order valence-corrected chi connectivity index (χ3v) is 5.44. The number of ketones is 1. The second-order valence-electron chi connectivity index (χ2n) is 8.45. The molecule has 2 aromatic carbocycles. The molecule has 0 saturated carbocycles. The Labute approximate surface area is 176 Å². The molecule has 1 saturated heterocycles. The van der Waals surface area contributed by atoms with Gasteiger partial charge in [-0.25, -0.2) is 4.79 Å². The van der Waals surface area contributed by atoms with Crippen molar-refractivity contribution in [3.05, 3.63) is 41.5 Å². The lowest BCUT2D eigenvalue weighted by molar-refractivity contribution is 0.0172. The molecular formula is C23H28ClNO4. The monoisotopic (exact) mass is 417 g/mol. The molecule has 1 aliphatic rings. The number of hydrogen-bond donors (Lipinski definition) is 0. The molecule has 0 aliphatic carbocycles. The number of alkyl halides is 1. The van der Waals surface area contributed by atoms with E-state index in [-0.39, 0.29) is 17.8 Å². The van der Waals surface area contributed by atoms with Crippen molar-refractivity contribution in [1.82, 2.24) is 4.90 Å².